The summed E-state index contributed by atoms with van der Waals surface area (Å²) in [6, 6.07) is 0.481. The van der Waals surface area contributed by atoms with Crippen molar-refractivity contribution in [3.05, 3.63) is 5.89 Å². The second-order valence-corrected chi connectivity index (χ2v) is 3.99. The lowest BCUT2D eigenvalue weighted by Gasteiger charge is -2.13. The number of anilines is 1. The Kier molecular flexibility index (Phi) is 2.35. The van der Waals surface area contributed by atoms with E-state index in [9.17, 15) is 0 Å². The molecule has 4 nitrogen and oxygen atoms in total. The van der Waals surface area contributed by atoms with Crippen molar-refractivity contribution in [3.63, 3.8) is 0 Å². The van der Waals surface area contributed by atoms with Crippen LogP contribution < -0.4 is 5.32 Å². The quantitative estimate of drug-likeness (QED) is 0.732. The van der Waals surface area contributed by atoms with Gasteiger partial charge in [0.25, 0.3) is 0 Å². The number of rotatable bonds is 2. The fourth-order valence-electron chi connectivity index (χ4n) is 0.880. The number of aromatic nitrogens is 2. The number of nitrogens with zero attached hydrogens (tertiary/aromatic N) is 2. The first-order chi connectivity index (χ1) is 5.51. The van der Waals surface area contributed by atoms with E-state index in [1.807, 2.05) is 0 Å². The predicted octanol–water partition coefficient (Wildman–Crippen LogP) is 1.70. The standard InChI is InChI=1S/C8H15N3O/c1-8(2,3)5-6-10-11-7(9-4)12-6/h5H2,1-4H3,(H,9,11). The average Bonchev–Trinajstić information content (AvgIpc) is 2.32. The molecular formula is C8H15N3O. The van der Waals surface area contributed by atoms with Crippen LogP contribution in [0, 0.1) is 5.41 Å². The third-order valence-corrected chi connectivity index (χ3v) is 1.36. The number of nitrogens with one attached hydrogen (secondary N) is 1. The van der Waals surface area contributed by atoms with E-state index in [-0.39, 0.29) is 5.41 Å². The third kappa shape index (κ3) is 2.53. The summed E-state index contributed by atoms with van der Waals surface area (Å²) in [6.07, 6.45) is 0.807. The van der Waals surface area contributed by atoms with Crippen LogP contribution in [0.25, 0.3) is 0 Å². The SMILES string of the molecule is CNc1nnc(CC(C)(C)C)o1. The monoisotopic (exact) mass is 169 g/mol. The van der Waals surface area contributed by atoms with Gasteiger partial charge < -0.3 is 9.73 Å². The van der Waals surface area contributed by atoms with E-state index in [0.29, 0.717) is 11.9 Å². The minimum Gasteiger partial charge on any atom is -0.408 e. The van der Waals surface area contributed by atoms with Gasteiger partial charge in [-0.05, 0) is 5.41 Å². The van der Waals surface area contributed by atoms with Gasteiger partial charge in [0.1, 0.15) is 0 Å². The van der Waals surface area contributed by atoms with Crippen LogP contribution in [0.1, 0.15) is 26.7 Å². The van der Waals surface area contributed by atoms with Crippen LogP contribution in [0.4, 0.5) is 6.01 Å². The van der Waals surface area contributed by atoms with Crippen molar-refractivity contribution in [1.82, 2.24) is 10.2 Å². The maximum atomic E-state index is 5.28. The van der Waals surface area contributed by atoms with Gasteiger partial charge in [0.05, 0.1) is 0 Å². The molecular weight excluding hydrogens is 154 g/mol. The van der Waals surface area contributed by atoms with E-state index >= 15 is 0 Å². The van der Waals surface area contributed by atoms with E-state index in [2.05, 4.69) is 36.3 Å². The van der Waals surface area contributed by atoms with E-state index in [4.69, 9.17) is 4.42 Å². The normalized spacial score (nSPS) is 11.7. The largest absolute Gasteiger partial charge is 0.408 e. The fraction of sp³-hybridized carbons (Fsp3) is 0.750. The summed E-state index contributed by atoms with van der Waals surface area (Å²) in [7, 11) is 1.76. The molecule has 0 saturated carbocycles. The van der Waals surface area contributed by atoms with Gasteiger partial charge in [-0.2, -0.15) is 0 Å². The van der Waals surface area contributed by atoms with Crippen LogP contribution in [-0.4, -0.2) is 17.2 Å². The fourth-order valence-corrected chi connectivity index (χ4v) is 0.880. The maximum absolute atomic E-state index is 5.28. The molecule has 1 N–H and O–H groups in total. The minimum atomic E-state index is 0.192. The summed E-state index contributed by atoms with van der Waals surface area (Å²) in [5.41, 5.74) is 0.192. The summed E-state index contributed by atoms with van der Waals surface area (Å²) < 4.78 is 5.28. The molecule has 0 amide bonds. The average molecular weight is 169 g/mol. The number of hydrogen-bond donors (Lipinski definition) is 1. The molecule has 68 valence electrons. The lowest BCUT2D eigenvalue weighted by molar-refractivity contribution is 0.357. The Morgan fingerprint density at radius 3 is 2.42 bits per heavy atom. The predicted molar refractivity (Wildman–Crippen MR) is 47.0 cm³/mol. The van der Waals surface area contributed by atoms with Crippen LogP contribution in [0.15, 0.2) is 4.42 Å². The Balaban J connectivity index is 2.64. The van der Waals surface area contributed by atoms with Gasteiger partial charge >= 0.3 is 6.01 Å². The highest BCUT2D eigenvalue weighted by atomic mass is 16.4. The molecule has 0 unspecified atom stereocenters. The lowest BCUT2D eigenvalue weighted by atomic mass is 9.92. The number of hydrogen-bond acceptors (Lipinski definition) is 4. The van der Waals surface area contributed by atoms with Gasteiger partial charge in [0.15, 0.2) is 0 Å². The highest BCUT2D eigenvalue weighted by Crippen LogP contribution is 2.20. The zero-order valence-electron chi connectivity index (χ0n) is 8.01. The molecule has 0 saturated heterocycles. The van der Waals surface area contributed by atoms with Crippen LogP contribution in [0.5, 0.6) is 0 Å². The molecule has 0 bridgehead atoms. The molecule has 1 rings (SSSR count). The smallest absolute Gasteiger partial charge is 0.315 e. The zero-order valence-corrected chi connectivity index (χ0v) is 8.01. The van der Waals surface area contributed by atoms with Crippen molar-refractivity contribution in [1.29, 1.82) is 0 Å². The lowest BCUT2D eigenvalue weighted by Crippen LogP contribution is -2.09. The molecule has 4 heteroatoms. The Morgan fingerprint density at radius 1 is 1.33 bits per heavy atom. The first-order valence-corrected chi connectivity index (χ1v) is 4.01. The zero-order chi connectivity index (χ0) is 9.19. The molecule has 1 aromatic heterocycles. The van der Waals surface area contributed by atoms with Gasteiger partial charge in [-0.1, -0.05) is 25.9 Å². The molecule has 0 atom stereocenters. The molecule has 0 fully saturated rings. The summed E-state index contributed by atoms with van der Waals surface area (Å²) in [4.78, 5) is 0. The first-order valence-electron chi connectivity index (χ1n) is 4.01. The first kappa shape index (κ1) is 9.03. The van der Waals surface area contributed by atoms with Crippen molar-refractivity contribution < 1.29 is 4.42 Å². The van der Waals surface area contributed by atoms with E-state index in [1.54, 1.807) is 7.05 Å². The Morgan fingerprint density at radius 2 is 2.00 bits per heavy atom. The van der Waals surface area contributed by atoms with Crippen LogP contribution in [-0.2, 0) is 6.42 Å². The van der Waals surface area contributed by atoms with Crippen LogP contribution in [0.2, 0.25) is 0 Å². The maximum Gasteiger partial charge on any atom is 0.315 e. The topological polar surface area (TPSA) is 51.0 Å². The summed E-state index contributed by atoms with van der Waals surface area (Å²) >= 11 is 0. The van der Waals surface area contributed by atoms with Gasteiger partial charge in [-0.3, -0.25) is 0 Å². The molecule has 0 aliphatic rings. The summed E-state index contributed by atoms with van der Waals surface area (Å²) in [5.74, 6) is 0.687. The molecule has 0 aromatic carbocycles. The highest BCUT2D eigenvalue weighted by molar-refractivity contribution is 5.14. The molecule has 12 heavy (non-hydrogen) atoms. The van der Waals surface area contributed by atoms with Gasteiger partial charge in [0.2, 0.25) is 5.89 Å². The van der Waals surface area contributed by atoms with Crippen molar-refractivity contribution in [2.75, 3.05) is 12.4 Å². The van der Waals surface area contributed by atoms with Crippen molar-refractivity contribution in [3.8, 4) is 0 Å². The van der Waals surface area contributed by atoms with E-state index < -0.39 is 0 Å². The van der Waals surface area contributed by atoms with Crippen molar-refractivity contribution in [2.24, 2.45) is 5.41 Å². The van der Waals surface area contributed by atoms with Crippen LogP contribution in [0.3, 0.4) is 0 Å². The molecule has 1 aromatic rings. The highest BCUT2D eigenvalue weighted by Gasteiger charge is 2.15. The van der Waals surface area contributed by atoms with Gasteiger partial charge in [-0.15, -0.1) is 5.10 Å². The van der Waals surface area contributed by atoms with E-state index in [0.717, 1.165) is 6.42 Å². The third-order valence-electron chi connectivity index (χ3n) is 1.36. The molecule has 0 aliphatic carbocycles. The second-order valence-electron chi connectivity index (χ2n) is 3.99. The molecule has 1 heterocycles. The Hall–Kier alpha value is -1.06. The molecule has 0 aliphatic heterocycles. The van der Waals surface area contributed by atoms with Crippen LogP contribution >= 0.6 is 0 Å². The molecule has 0 spiro atoms. The van der Waals surface area contributed by atoms with Crippen molar-refractivity contribution in [2.45, 2.75) is 27.2 Å². The van der Waals surface area contributed by atoms with Crippen molar-refractivity contribution >= 4 is 6.01 Å². The van der Waals surface area contributed by atoms with Gasteiger partial charge in [0, 0.05) is 13.5 Å². The van der Waals surface area contributed by atoms with Gasteiger partial charge in [-0.25, -0.2) is 0 Å². The molecule has 0 radical (unpaired) electrons. The summed E-state index contributed by atoms with van der Waals surface area (Å²) in [6.45, 7) is 6.41. The Labute approximate surface area is 72.4 Å². The minimum absolute atomic E-state index is 0.192. The second kappa shape index (κ2) is 3.13. The Bertz CT molecular complexity index is 249. The van der Waals surface area contributed by atoms with E-state index in [1.165, 1.54) is 0 Å². The summed E-state index contributed by atoms with van der Waals surface area (Å²) in [5, 5.41) is 10.5.